The summed E-state index contributed by atoms with van der Waals surface area (Å²) in [6.45, 7) is 2.40. The van der Waals surface area contributed by atoms with Crippen molar-refractivity contribution in [3.8, 4) is 5.75 Å². The molecule has 1 amide bonds. The quantitative estimate of drug-likeness (QED) is 0.925. The van der Waals surface area contributed by atoms with E-state index in [9.17, 15) is 14.7 Å². The molecular formula is C16H21NO4. The topological polar surface area (TPSA) is 66.8 Å². The number of carbonyl (C=O) groups is 2. The molecule has 1 saturated heterocycles. The highest BCUT2D eigenvalue weighted by atomic mass is 16.5. The Morgan fingerprint density at radius 3 is 2.57 bits per heavy atom. The Morgan fingerprint density at radius 2 is 2.05 bits per heavy atom. The van der Waals surface area contributed by atoms with Gasteiger partial charge in [0.2, 0.25) is 5.91 Å². The molecule has 1 N–H and O–H groups in total. The van der Waals surface area contributed by atoms with E-state index in [-0.39, 0.29) is 5.91 Å². The zero-order valence-electron chi connectivity index (χ0n) is 12.4. The van der Waals surface area contributed by atoms with Crippen molar-refractivity contribution in [1.82, 2.24) is 4.90 Å². The van der Waals surface area contributed by atoms with E-state index >= 15 is 0 Å². The van der Waals surface area contributed by atoms with Crippen LogP contribution >= 0.6 is 0 Å². The Bertz CT molecular complexity index is 510. The first-order valence-electron chi connectivity index (χ1n) is 7.24. The Kier molecular flexibility index (Phi) is 4.83. The number of methoxy groups -OCH3 is 1. The molecule has 0 spiro atoms. The molecule has 2 atom stereocenters. The van der Waals surface area contributed by atoms with Crippen molar-refractivity contribution in [2.75, 3.05) is 13.7 Å². The first-order chi connectivity index (χ1) is 10.1. The molecule has 0 aromatic heterocycles. The predicted octanol–water partition coefficient (Wildman–Crippen LogP) is 2.47. The lowest BCUT2D eigenvalue weighted by atomic mass is 9.89. The molecule has 0 radical (unpaired) electrons. The smallest absolute Gasteiger partial charge is 0.308 e. The maximum atomic E-state index is 12.2. The molecule has 1 fully saturated rings. The SMILES string of the molecule is CCN1C(=O)CCCC(C(=O)O)C1c1ccc(OC)cc1. The molecule has 2 unspecified atom stereocenters. The lowest BCUT2D eigenvalue weighted by Gasteiger charge is -2.33. The normalized spacial score (nSPS) is 22.8. The standard InChI is InChI=1S/C16H21NO4/c1-3-17-14(18)6-4-5-13(16(19)20)15(17)11-7-9-12(21-2)10-8-11/h7-10,13,15H,3-6H2,1-2H3,(H,19,20). The van der Waals surface area contributed by atoms with Gasteiger partial charge in [-0.25, -0.2) is 0 Å². The van der Waals surface area contributed by atoms with E-state index < -0.39 is 17.9 Å². The van der Waals surface area contributed by atoms with Crippen molar-refractivity contribution >= 4 is 11.9 Å². The van der Waals surface area contributed by atoms with Crippen LogP contribution in [0.1, 0.15) is 37.8 Å². The van der Waals surface area contributed by atoms with E-state index in [1.165, 1.54) is 0 Å². The highest BCUT2D eigenvalue weighted by Gasteiger charge is 2.37. The summed E-state index contributed by atoms with van der Waals surface area (Å²) in [6, 6.07) is 6.89. The first kappa shape index (κ1) is 15.4. The van der Waals surface area contributed by atoms with Crippen LogP contribution in [0.5, 0.6) is 5.75 Å². The van der Waals surface area contributed by atoms with Gasteiger partial charge in [-0.15, -0.1) is 0 Å². The number of aliphatic carboxylic acids is 1. The van der Waals surface area contributed by atoms with E-state index in [2.05, 4.69) is 0 Å². The van der Waals surface area contributed by atoms with E-state index in [1.54, 1.807) is 24.1 Å². The summed E-state index contributed by atoms with van der Waals surface area (Å²) in [7, 11) is 1.59. The average Bonchev–Trinajstić information content (AvgIpc) is 2.66. The molecule has 1 aliphatic rings. The van der Waals surface area contributed by atoms with Crippen LogP contribution in [0.3, 0.4) is 0 Å². The minimum atomic E-state index is -0.844. The van der Waals surface area contributed by atoms with E-state index in [1.807, 2.05) is 19.1 Å². The number of carboxylic acid groups (broad SMARTS) is 1. The minimum Gasteiger partial charge on any atom is -0.497 e. The molecule has 1 aliphatic heterocycles. The summed E-state index contributed by atoms with van der Waals surface area (Å²) in [6.07, 6.45) is 1.57. The van der Waals surface area contributed by atoms with E-state index in [4.69, 9.17) is 4.74 Å². The second kappa shape index (κ2) is 6.61. The fourth-order valence-corrected chi connectivity index (χ4v) is 2.99. The molecule has 0 saturated carbocycles. The molecule has 2 rings (SSSR count). The molecule has 5 heteroatoms. The monoisotopic (exact) mass is 291 g/mol. The Hall–Kier alpha value is -2.04. The van der Waals surface area contributed by atoms with Gasteiger partial charge in [-0.05, 0) is 37.5 Å². The number of hydrogen-bond donors (Lipinski definition) is 1. The van der Waals surface area contributed by atoms with Crippen molar-refractivity contribution in [2.45, 2.75) is 32.2 Å². The zero-order chi connectivity index (χ0) is 15.4. The maximum absolute atomic E-state index is 12.2. The van der Waals surface area contributed by atoms with E-state index in [0.717, 1.165) is 5.56 Å². The molecule has 1 heterocycles. The summed E-state index contributed by atoms with van der Waals surface area (Å²) in [5.74, 6) is -0.663. The van der Waals surface area contributed by atoms with Gasteiger partial charge in [0.1, 0.15) is 5.75 Å². The summed E-state index contributed by atoms with van der Waals surface area (Å²) in [5.41, 5.74) is 0.848. The van der Waals surface area contributed by atoms with Crippen molar-refractivity contribution < 1.29 is 19.4 Å². The van der Waals surface area contributed by atoms with Crippen molar-refractivity contribution in [2.24, 2.45) is 5.92 Å². The van der Waals surface area contributed by atoms with Crippen molar-refractivity contribution in [1.29, 1.82) is 0 Å². The second-order valence-electron chi connectivity index (χ2n) is 5.23. The molecule has 1 aromatic carbocycles. The fraction of sp³-hybridized carbons (Fsp3) is 0.500. The number of amides is 1. The predicted molar refractivity (Wildman–Crippen MR) is 78.1 cm³/mol. The lowest BCUT2D eigenvalue weighted by molar-refractivity contribution is -0.146. The third-order valence-electron chi connectivity index (χ3n) is 4.06. The van der Waals surface area contributed by atoms with Crippen LogP contribution in [0.25, 0.3) is 0 Å². The summed E-state index contributed by atoms with van der Waals surface area (Å²) < 4.78 is 5.13. The van der Waals surface area contributed by atoms with E-state index in [0.29, 0.717) is 31.6 Å². The van der Waals surface area contributed by atoms with Crippen LogP contribution in [-0.4, -0.2) is 35.5 Å². The number of nitrogens with zero attached hydrogens (tertiary/aromatic N) is 1. The van der Waals surface area contributed by atoms with Gasteiger partial charge in [-0.3, -0.25) is 9.59 Å². The van der Waals surface area contributed by atoms with Crippen LogP contribution in [0.4, 0.5) is 0 Å². The van der Waals surface area contributed by atoms with Gasteiger partial charge >= 0.3 is 5.97 Å². The van der Waals surface area contributed by atoms with Crippen LogP contribution in [0.2, 0.25) is 0 Å². The molecule has 21 heavy (non-hydrogen) atoms. The third-order valence-corrected chi connectivity index (χ3v) is 4.06. The van der Waals surface area contributed by atoms with Crippen molar-refractivity contribution in [3.63, 3.8) is 0 Å². The second-order valence-corrected chi connectivity index (χ2v) is 5.23. The van der Waals surface area contributed by atoms with Gasteiger partial charge in [0.05, 0.1) is 19.1 Å². The van der Waals surface area contributed by atoms with Gasteiger partial charge in [0, 0.05) is 13.0 Å². The van der Waals surface area contributed by atoms with Gasteiger partial charge in [0.15, 0.2) is 0 Å². The largest absolute Gasteiger partial charge is 0.497 e. The number of carboxylic acids is 1. The van der Waals surface area contributed by atoms with Gasteiger partial charge in [-0.2, -0.15) is 0 Å². The molecule has 0 aliphatic carbocycles. The fourth-order valence-electron chi connectivity index (χ4n) is 2.99. The molecule has 0 bridgehead atoms. The Labute approximate surface area is 124 Å². The number of likely N-dealkylation sites (tertiary alicyclic amines) is 1. The first-order valence-corrected chi connectivity index (χ1v) is 7.24. The average molecular weight is 291 g/mol. The Balaban J connectivity index is 2.42. The number of hydrogen-bond acceptors (Lipinski definition) is 3. The van der Waals surface area contributed by atoms with Gasteiger partial charge in [-0.1, -0.05) is 12.1 Å². The minimum absolute atomic E-state index is 0.0297. The Morgan fingerprint density at radius 1 is 1.38 bits per heavy atom. The number of rotatable bonds is 4. The summed E-state index contributed by atoms with van der Waals surface area (Å²) in [5, 5.41) is 9.53. The maximum Gasteiger partial charge on any atom is 0.308 e. The molecular weight excluding hydrogens is 270 g/mol. The highest BCUT2D eigenvalue weighted by molar-refractivity contribution is 5.79. The van der Waals surface area contributed by atoms with Crippen LogP contribution in [-0.2, 0) is 9.59 Å². The number of carbonyl (C=O) groups excluding carboxylic acids is 1. The van der Waals surface area contributed by atoms with Crippen LogP contribution < -0.4 is 4.74 Å². The highest BCUT2D eigenvalue weighted by Crippen LogP contribution is 2.36. The zero-order valence-corrected chi connectivity index (χ0v) is 12.4. The van der Waals surface area contributed by atoms with Gasteiger partial charge in [0.25, 0.3) is 0 Å². The lowest BCUT2D eigenvalue weighted by Crippen LogP contribution is -2.38. The van der Waals surface area contributed by atoms with Crippen LogP contribution in [0, 0.1) is 5.92 Å². The third kappa shape index (κ3) is 3.17. The molecule has 1 aromatic rings. The van der Waals surface area contributed by atoms with Crippen molar-refractivity contribution in [3.05, 3.63) is 29.8 Å². The summed E-state index contributed by atoms with van der Waals surface area (Å²) >= 11 is 0. The number of ether oxygens (including phenoxy) is 1. The summed E-state index contributed by atoms with van der Waals surface area (Å²) in [4.78, 5) is 25.5. The van der Waals surface area contributed by atoms with Crippen LogP contribution in [0.15, 0.2) is 24.3 Å². The van der Waals surface area contributed by atoms with Gasteiger partial charge < -0.3 is 14.7 Å². The molecule has 114 valence electrons. The molecule has 5 nitrogen and oxygen atoms in total. The number of benzene rings is 1.